The molecule has 1 rings (SSSR count). The van der Waals surface area contributed by atoms with Gasteiger partial charge in [-0.1, -0.05) is 6.08 Å². The van der Waals surface area contributed by atoms with E-state index in [2.05, 4.69) is 5.32 Å². The van der Waals surface area contributed by atoms with Crippen molar-refractivity contribution in [1.82, 2.24) is 5.32 Å². The third kappa shape index (κ3) is 1.07. The number of amides is 1. The minimum Gasteiger partial charge on any atom is -0.351 e. The number of hydrogen-bond acceptors (Lipinski definition) is 2. The van der Waals surface area contributed by atoms with Crippen molar-refractivity contribution in [3.8, 4) is 0 Å². The maximum absolute atomic E-state index is 10.4. The molecule has 1 heterocycles. The molecule has 0 aromatic heterocycles. The van der Waals surface area contributed by atoms with Crippen molar-refractivity contribution in [3.05, 3.63) is 12.2 Å². The quantitative estimate of drug-likeness (QED) is 0.422. The minimum atomic E-state index is -0.0494. The summed E-state index contributed by atoms with van der Waals surface area (Å²) < 4.78 is 0. The molecule has 1 unspecified atom stereocenters. The van der Waals surface area contributed by atoms with Gasteiger partial charge < -0.3 is 11.1 Å². The molecule has 44 valence electrons. The zero-order chi connectivity index (χ0) is 5.98. The lowest BCUT2D eigenvalue weighted by atomic mass is 10.2. The van der Waals surface area contributed by atoms with Gasteiger partial charge in [-0.15, -0.1) is 0 Å². The molecule has 8 heavy (non-hydrogen) atoms. The molecule has 1 atom stereocenters. The van der Waals surface area contributed by atoms with Gasteiger partial charge in [-0.2, -0.15) is 0 Å². The van der Waals surface area contributed by atoms with Crippen molar-refractivity contribution < 1.29 is 4.79 Å². The molecule has 3 N–H and O–H groups in total. The molecule has 0 aromatic rings. The van der Waals surface area contributed by atoms with Gasteiger partial charge in [0.25, 0.3) is 0 Å². The lowest BCUT2D eigenvalue weighted by molar-refractivity contribution is -0.116. The summed E-state index contributed by atoms with van der Waals surface area (Å²) in [6.07, 6.45) is 3.15. The zero-order valence-corrected chi connectivity index (χ0v) is 4.42. The van der Waals surface area contributed by atoms with Gasteiger partial charge in [0.05, 0.1) is 0 Å². The molecule has 1 amide bonds. The first-order chi connectivity index (χ1) is 3.79. The van der Waals surface area contributed by atoms with Crippen LogP contribution in [0.5, 0.6) is 0 Å². The average molecular weight is 112 g/mol. The second-order valence-corrected chi connectivity index (χ2v) is 1.77. The molecule has 0 bridgehead atoms. The maximum Gasteiger partial charge on any atom is 0.243 e. The van der Waals surface area contributed by atoms with Gasteiger partial charge in [-0.05, 0) is 0 Å². The van der Waals surface area contributed by atoms with Gasteiger partial charge in [0.1, 0.15) is 0 Å². The Morgan fingerprint density at radius 1 is 1.88 bits per heavy atom. The molecule has 0 fully saturated rings. The predicted molar refractivity (Wildman–Crippen MR) is 30.1 cm³/mol. The van der Waals surface area contributed by atoms with Gasteiger partial charge in [-0.25, -0.2) is 0 Å². The van der Waals surface area contributed by atoms with E-state index in [1.807, 2.05) is 0 Å². The smallest absolute Gasteiger partial charge is 0.243 e. The van der Waals surface area contributed by atoms with Crippen LogP contribution in [0, 0.1) is 0 Å². The molecule has 0 saturated heterocycles. The third-order valence-electron chi connectivity index (χ3n) is 1.01. The highest BCUT2D eigenvalue weighted by atomic mass is 16.1. The Morgan fingerprint density at radius 3 is 3.00 bits per heavy atom. The van der Waals surface area contributed by atoms with E-state index in [9.17, 15) is 4.79 Å². The third-order valence-corrected chi connectivity index (χ3v) is 1.01. The molecule has 0 aromatic carbocycles. The fourth-order valence-electron chi connectivity index (χ4n) is 0.556. The Morgan fingerprint density at radius 2 is 2.62 bits per heavy atom. The van der Waals surface area contributed by atoms with Gasteiger partial charge in [0, 0.05) is 18.7 Å². The SMILES string of the molecule is NC1C=CC(=O)NC1. The summed E-state index contributed by atoms with van der Waals surface area (Å²) in [6.45, 7) is 0.565. The van der Waals surface area contributed by atoms with Crippen LogP contribution >= 0.6 is 0 Å². The fraction of sp³-hybridized carbons (Fsp3) is 0.400. The minimum absolute atomic E-state index is 0.00713. The molecule has 0 saturated carbocycles. The standard InChI is InChI=1S/C5H8N2O/c6-4-1-2-5(8)7-3-4/h1-2,4H,3,6H2,(H,7,8). The predicted octanol–water partition coefficient (Wildman–Crippen LogP) is -1.00. The van der Waals surface area contributed by atoms with Crippen molar-refractivity contribution in [1.29, 1.82) is 0 Å². The molecule has 0 aliphatic carbocycles. The van der Waals surface area contributed by atoms with E-state index in [1.165, 1.54) is 6.08 Å². The van der Waals surface area contributed by atoms with Crippen molar-refractivity contribution in [2.45, 2.75) is 6.04 Å². The second-order valence-electron chi connectivity index (χ2n) is 1.77. The van der Waals surface area contributed by atoms with E-state index < -0.39 is 0 Å². The Labute approximate surface area is 47.6 Å². The summed E-state index contributed by atoms with van der Waals surface area (Å²) in [4.78, 5) is 10.4. The largest absolute Gasteiger partial charge is 0.351 e. The number of nitrogens with one attached hydrogen (secondary N) is 1. The van der Waals surface area contributed by atoms with Crippen molar-refractivity contribution in [2.24, 2.45) is 5.73 Å². The number of nitrogens with two attached hydrogens (primary N) is 1. The molecule has 0 radical (unpaired) electrons. The van der Waals surface area contributed by atoms with Gasteiger partial charge >= 0.3 is 0 Å². The molecule has 1 aliphatic rings. The Balaban J connectivity index is 2.55. The van der Waals surface area contributed by atoms with E-state index in [0.717, 1.165) is 0 Å². The zero-order valence-electron chi connectivity index (χ0n) is 4.42. The summed E-state index contributed by atoms with van der Waals surface area (Å²) in [5, 5.41) is 2.58. The second kappa shape index (κ2) is 1.96. The van der Waals surface area contributed by atoms with E-state index in [4.69, 9.17) is 5.73 Å². The van der Waals surface area contributed by atoms with Crippen molar-refractivity contribution >= 4 is 5.91 Å². The van der Waals surface area contributed by atoms with Crippen LogP contribution in [-0.2, 0) is 4.79 Å². The van der Waals surface area contributed by atoms with Gasteiger partial charge in [-0.3, -0.25) is 4.79 Å². The Kier molecular flexibility index (Phi) is 1.30. The first kappa shape index (κ1) is 5.31. The first-order valence-electron chi connectivity index (χ1n) is 2.50. The number of rotatable bonds is 0. The first-order valence-corrected chi connectivity index (χ1v) is 2.50. The summed E-state index contributed by atoms with van der Waals surface area (Å²) in [6, 6.07) is 0.00713. The van der Waals surface area contributed by atoms with Crippen LogP contribution in [0.2, 0.25) is 0 Å². The normalized spacial score (nSPS) is 27.6. The van der Waals surface area contributed by atoms with Gasteiger partial charge in [0.2, 0.25) is 5.91 Å². The molecule has 1 aliphatic heterocycles. The summed E-state index contributed by atoms with van der Waals surface area (Å²) in [7, 11) is 0. The van der Waals surface area contributed by atoms with E-state index in [0.29, 0.717) is 6.54 Å². The number of carbonyl (C=O) groups is 1. The number of hydrogen-bond donors (Lipinski definition) is 2. The summed E-state index contributed by atoms with van der Waals surface area (Å²) >= 11 is 0. The van der Waals surface area contributed by atoms with Crippen LogP contribution in [0.3, 0.4) is 0 Å². The van der Waals surface area contributed by atoms with Crippen LogP contribution < -0.4 is 11.1 Å². The fourth-order valence-corrected chi connectivity index (χ4v) is 0.556. The van der Waals surface area contributed by atoms with Crippen LogP contribution in [0.25, 0.3) is 0 Å². The molecule has 3 nitrogen and oxygen atoms in total. The lowest BCUT2D eigenvalue weighted by Gasteiger charge is -2.10. The van der Waals surface area contributed by atoms with Crippen LogP contribution in [0.4, 0.5) is 0 Å². The van der Waals surface area contributed by atoms with E-state index >= 15 is 0 Å². The monoisotopic (exact) mass is 112 g/mol. The molecule has 3 heteroatoms. The van der Waals surface area contributed by atoms with E-state index in [1.54, 1.807) is 6.08 Å². The highest BCUT2D eigenvalue weighted by Gasteiger charge is 2.04. The number of carbonyl (C=O) groups excluding carboxylic acids is 1. The highest BCUT2D eigenvalue weighted by Crippen LogP contribution is 1.86. The molecule has 0 spiro atoms. The van der Waals surface area contributed by atoms with Gasteiger partial charge in [0.15, 0.2) is 0 Å². The van der Waals surface area contributed by atoms with Crippen LogP contribution in [-0.4, -0.2) is 18.5 Å². The summed E-state index contributed by atoms with van der Waals surface area (Å²) in [5.41, 5.74) is 5.40. The van der Waals surface area contributed by atoms with Crippen LogP contribution in [0.15, 0.2) is 12.2 Å². The van der Waals surface area contributed by atoms with Crippen LogP contribution in [0.1, 0.15) is 0 Å². The highest BCUT2D eigenvalue weighted by molar-refractivity contribution is 5.88. The Hall–Kier alpha value is -0.830. The Bertz CT molecular complexity index is 130. The molecular weight excluding hydrogens is 104 g/mol. The molecular formula is C5H8N2O. The average Bonchev–Trinajstić information content (AvgIpc) is 1.77. The lowest BCUT2D eigenvalue weighted by Crippen LogP contribution is -2.38. The van der Waals surface area contributed by atoms with Crippen molar-refractivity contribution in [2.75, 3.05) is 6.54 Å². The maximum atomic E-state index is 10.4. The summed E-state index contributed by atoms with van der Waals surface area (Å²) in [5.74, 6) is -0.0494. The topological polar surface area (TPSA) is 55.1 Å². The van der Waals surface area contributed by atoms with E-state index in [-0.39, 0.29) is 11.9 Å². The van der Waals surface area contributed by atoms with Crippen molar-refractivity contribution in [3.63, 3.8) is 0 Å².